The molecule has 0 aromatic heterocycles. The average molecular weight is 317 g/mol. The third-order valence-corrected chi connectivity index (χ3v) is 4.70. The Kier molecular flexibility index (Phi) is 5.37. The Morgan fingerprint density at radius 3 is 2.57 bits per heavy atom. The van der Waals surface area contributed by atoms with Crippen molar-refractivity contribution in [3.63, 3.8) is 0 Å². The lowest BCUT2D eigenvalue weighted by molar-refractivity contribution is -0.0345. The number of carbonyl (C=O) groups is 1. The molecule has 2 bridgehead atoms. The van der Waals surface area contributed by atoms with Crippen molar-refractivity contribution in [2.45, 2.75) is 38.3 Å². The van der Waals surface area contributed by atoms with Crippen LogP contribution in [0.4, 0.5) is 8.68 Å². The molecule has 3 aliphatic rings. The maximum Gasteiger partial charge on any atom is 0.408 e. The molecule has 3 fully saturated rings. The van der Waals surface area contributed by atoms with Crippen molar-refractivity contribution in [1.29, 1.82) is 0 Å². The molecule has 3 saturated heterocycles. The summed E-state index contributed by atoms with van der Waals surface area (Å²) in [6, 6.07) is 0. The summed E-state index contributed by atoms with van der Waals surface area (Å²) in [4.78, 5) is 14.5. The van der Waals surface area contributed by atoms with E-state index in [2.05, 4.69) is 15.5 Å². The van der Waals surface area contributed by atoms with E-state index in [1.54, 1.807) is 7.05 Å². The summed E-state index contributed by atoms with van der Waals surface area (Å²) in [5.41, 5.74) is -0.111. The van der Waals surface area contributed by atoms with E-state index in [0.29, 0.717) is 11.6 Å². The van der Waals surface area contributed by atoms with Crippen molar-refractivity contribution in [2.75, 3.05) is 26.7 Å². The van der Waals surface area contributed by atoms with Crippen molar-refractivity contribution < 1.29 is 13.4 Å². The molecule has 3 aliphatic heterocycles. The Balaban J connectivity index is 1.90. The highest BCUT2D eigenvalue weighted by atomic mass is 32.2. The second kappa shape index (κ2) is 6.87. The van der Waals surface area contributed by atoms with E-state index in [0.717, 1.165) is 32.5 Å². The largest absolute Gasteiger partial charge is 0.445 e. The van der Waals surface area contributed by atoms with Gasteiger partial charge < -0.3 is 15.4 Å². The number of fused-ring (bicyclic) bond motifs is 3. The van der Waals surface area contributed by atoms with E-state index >= 15 is 0 Å². The van der Waals surface area contributed by atoms with E-state index in [-0.39, 0.29) is 18.3 Å². The third-order valence-electron chi connectivity index (χ3n) is 4.37. The van der Waals surface area contributed by atoms with Crippen LogP contribution in [-0.2, 0) is 4.74 Å². The molecule has 1 atom stereocenters. The molecule has 0 aromatic rings. The first-order valence-corrected chi connectivity index (χ1v) is 8.11. The summed E-state index contributed by atoms with van der Waals surface area (Å²) in [7, 11) is 1.70. The van der Waals surface area contributed by atoms with Crippen LogP contribution >= 0.6 is 12.1 Å². The summed E-state index contributed by atoms with van der Waals surface area (Å²) in [6.07, 6.45) is 1.73. The number of rotatable bonds is 5. The molecule has 3 rings (SSSR count). The van der Waals surface area contributed by atoms with Gasteiger partial charge in [0, 0.05) is 24.7 Å². The lowest BCUT2D eigenvalue weighted by Crippen LogP contribution is -2.54. The monoisotopic (exact) mass is 317 g/mol. The summed E-state index contributed by atoms with van der Waals surface area (Å²) in [6.45, 7) is 6.66. The number of halogens is 1. The van der Waals surface area contributed by atoms with Crippen molar-refractivity contribution in [3.05, 3.63) is 11.1 Å². The molecule has 120 valence electrons. The van der Waals surface area contributed by atoms with Crippen molar-refractivity contribution in [3.8, 4) is 0 Å². The quantitative estimate of drug-likeness (QED) is 0.815. The number of alkyl carbamates (subject to hydrolysis) is 1. The molecule has 0 spiro atoms. The molecule has 1 amide bonds. The SMILES string of the molecule is CN/C(=C\SF)C(C)(C)NC(=O)O[C@@H]1CN2CCC1CC2. The number of carbonyl (C=O) groups excluding carboxylic acids is 1. The molecule has 0 aromatic carbocycles. The predicted molar refractivity (Wildman–Crippen MR) is 82.5 cm³/mol. The summed E-state index contributed by atoms with van der Waals surface area (Å²) in [5, 5.41) is 7.05. The first-order chi connectivity index (χ1) is 9.96. The number of hydrogen-bond acceptors (Lipinski definition) is 5. The van der Waals surface area contributed by atoms with Crippen molar-refractivity contribution in [2.24, 2.45) is 5.92 Å². The zero-order valence-electron chi connectivity index (χ0n) is 12.8. The van der Waals surface area contributed by atoms with Crippen LogP contribution in [0, 0.1) is 5.92 Å². The fourth-order valence-electron chi connectivity index (χ4n) is 3.10. The Bertz CT molecular complexity index is 409. The average Bonchev–Trinajstić information content (AvgIpc) is 2.45. The van der Waals surface area contributed by atoms with Gasteiger partial charge in [-0.25, -0.2) is 4.79 Å². The van der Waals surface area contributed by atoms with Crippen LogP contribution < -0.4 is 10.6 Å². The van der Waals surface area contributed by atoms with Crippen LogP contribution in [0.25, 0.3) is 0 Å². The lowest BCUT2D eigenvalue weighted by atomic mass is 9.86. The normalized spacial score (nSPS) is 29.1. The Labute approximate surface area is 130 Å². The predicted octanol–water partition coefficient (Wildman–Crippen LogP) is 2.26. The number of nitrogens with one attached hydrogen (secondary N) is 2. The Morgan fingerprint density at radius 2 is 2.10 bits per heavy atom. The Morgan fingerprint density at radius 1 is 1.43 bits per heavy atom. The molecule has 7 heteroatoms. The van der Waals surface area contributed by atoms with Gasteiger partial charge in [0.15, 0.2) is 0 Å². The molecular weight excluding hydrogens is 293 g/mol. The van der Waals surface area contributed by atoms with Crippen LogP contribution in [0.2, 0.25) is 0 Å². The zero-order valence-corrected chi connectivity index (χ0v) is 13.6. The van der Waals surface area contributed by atoms with Gasteiger partial charge in [0.05, 0.1) is 17.7 Å². The van der Waals surface area contributed by atoms with E-state index in [9.17, 15) is 8.68 Å². The number of hydrogen-bond donors (Lipinski definition) is 2. The van der Waals surface area contributed by atoms with Crippen molar-refractivity contribution in [1.82, 2.24) is 15.5 Å². The van der Waals surface area contributed by atoms with Crippen LogP contribution in [0.1, 0.15) is 26.7 Å². The van der Waals surface area contributed by atoms with E-state index in [4.69, 9.17) is 4.74 Å². The molecule has 21 heavy (non-hydrogen) atoms. The van der Waals surface area contributed by atoms with Gasteiger partial charge in [0.1, 0.15) is 6.10 Å². The molecule has 0 radical (unpaired) electrons. The topological polar surface area (TPSA) is 53.6 Å². The number of likely N-dealkylation sites (N-methyl/N-ethyl adjacent to an activating group) is 1. The number of piperidine rings is 3. The molecule has 3 heterocycles. The molecule has 0 aliphatic carbocycles. The van der Waals surface area contributed by atoms with Crippen LogP contribution in [-0.4, -0.2) is 49.3 Å². The summed E-state index contributed by atoms with van der Waals surface area (Å²) in [5.74, 6) is 0.476. The molecule has 0 unspecified atom stereocenters. The van der Waals surface area contributed by atoms with Gasteiger partial charge in [-0.2, -0.15) is 3.89 Å². The first-order valence-electron chi connectivity index (χ1n) is 7.33. The standard InChI is InChI=1S/C14H24FN3O2S/c1-14(2,12(16-3)9-21-15)17-13(19)20-11-8-18-6-4-10(11)5-7-18/h9-11,16H,4-8H2,1-3H3,(H,17,19)/b12-9-/t11-/m1/s1. The molecule has 2 N–H and O–H groups in total. The minimum absolute atomic E-state index is 0.0270. The second-order valence-corrected chi connectivity index (χ2v) is 6.62. The summed E-state index contributed by atoms with van der Waals surface area (Å²) < 4.78 is 18.0. The maximum absolute atomic E-state index is 12.4. The van der Waals surface area contributed by atoms with Gasteiger partial charge in [-0.05, 0) is 45.7 Å². The van der Waals surface area contributed by atoms with Gasteiger partial charge in [-0.1, -0.05) is 0 Å². The fraction of sp³-hybridized carbons (Fsp3) is 0.786. The zero-order chi connectivity index (χ0) is 15.5. The summed E-state index contributed by atoms with van der Waals surface area (Å²) >= 11 is 0.110. The van der Waals surface area contributed by atoms with Crippen molar-refractivity contribution >= 4 is 18.2 Å². The fourth-order valence-corrected chi connectivity index (χ4v) is 3.60. The molecular formula is C14H24FN3O2S. The molecule has 0 saturated carbocycles. The van der Waals surface area contributed by atoms with Gasteiger partial charge in [-0.3, -0.25) is 4.90 Å². The highest BCUT2D eigenvalue weighted by Crippen LogP contribution is 2.29. The van der Waals surface area contributed by atoms with Gasteiger partial charge in [0.2, 0.25) is 0 Å². The number of amides is 1. The third kappa shape index (κ3) is 4.03. The van der Waals surface area contributed by atoms with Crippen LogP contribution in [0.3, 0.4) is 0 Å². The lowest BCUT2D eigenvalue weighted by Gasteiger charge is -2.44. The van der Waals surface area contributed by atoms with Gasteiger partial charge in [-0.15, -0.1) is 0 Å². The maximum atomic E-state index is 12.4. The second-order valence-electron chi connectivity index (χ2n) is 6.20. The highest BCUT2D eigenvalue weighted by Gasteiger charge is 2.37. The highest BCUT2D eigenvalue weighted by molar-refractivity contribution is 7.97. The van der Waals surface area contributed by atoms with Crippen LogP contribution in [0.15, 0.2) is 11.1 Å². The van der Waals surface area contributed by atoms with E-state index in [1.807, 2.05) is 13.8 Å². The Hall–Kier alpha value is -0.950. The first kappa shape index (κ1) is 16.4. The molecule has 5 nitrogen and oxygen atoms in total. The van der Waals surface area contributed by atoms with Gasteiger partial charge in [0.25, 0.3) is 0 Å². The van der Waals surface area contributed by atoms with Gasteiger partial charge >= 0.3 is 6.09 Å². The minimum Gasteiger partial charge on any atom is -0.445 e. The van der Waals surface area contributed by atoms with E-state index < -0.39 is 11.6 Å². The van der Waals surface area contributed by atoms with Crippen LogP contribution in [0.5, 0.6) is 0 Å². The number of ether oxygens (including phenoxy) is 1. The minimum atomic E-state index is -0.709. The smallest absolute Gasteiger partial charge is 0.408 e. The van der Waals surface area contributed by atoms with E-state index in [1.165, 1.54) is 5.41 Å². The number of nitrogens with zero attached hydrogens (tertiary/aromatic N) is 1.